The normalized spacial score (nSPS) is 31.8. The molecule has 0 saturated carbocycles. The molecule has 1 N–H and O–H groups in total. The number of sulfone groups is 1. The number of hydrogen-bond donors (Lipinski definition) is 1. The lowest BCUT2D eigenvalue weighted by atomic mass is 9.90. The molecule has 0 aliphatic carbocycles. The summed E-state index contributed by atoms with van der Waals surface area (Å²) in [5, 5.41) is 3.03. The minimum atomic E-state index is -3.12. The highest BCUT2D eigenvalue weighted by Crippen LogP contribution is 2.26. The number of likely N-dealkylation sites (tertiary alicyclic amines) is 2. The molecule has 7 nitrogen and oxygen atoms in total. The predicted octanol–water partition coefficient (Wildman–Crippen LogP) is 0.649. The fourth-order valence-electron chi connectivity index (χ4n) is 4.55. The molecule has 3 unspecified atom stereocenters. The van der Waals surface area contributed by atoms with Crippen LogP contribution < -0.4 is 5.32 Å². The molecule has 8 heteroatoms. The molecule has 0 radical (unpaired) electrons. The van der Waals surface area contributed by atoms with Gasteiger partial charge in [0.25, 0.3) is 0 Å². The van der Waals surface area contributed by atoms with Gasteiger partial charge < -0.3 is 10.2 Å². The summed E-state index contributed by atoms with van der Waals surface area (Å²) in [6.07, 6.45) is 3.72. The second-order valence-electron chi connectivity index (χ2n) is 9.34. The Balaban J connectivity index is 1.64. The largest absolute Gasteiger partial charge is 0.350 e. The van der Waals surface area contributed by atoms with Gasteiger partial charge >= 0.3 is 0 Å². The Labute approximate surface area is 162 Å². The predicted molar refractivity (Wildman–Crippen MR) is 104 cm³/mol. The highest BCUT2D eigenvalue weighted by Gasteiger charge is 2.43. The maximum atomic E-state index is 12.9. The molecule has 3 saturated heterocycles. The van der Waals surface area contributed by atoms with Crippen molar-refractivity contribution in [3.05, 3.63) is 0 Å². The molecule has 154 valence electrons. The lowest BCUT2D eigenvalue weighted by Gasteiger charge is -2.36. The van der Waals surface area contributed by atoms with Crippen LogP contribution in [0.2, 0.25) is 0 Å². The van der Waals surface area contributed by atoms with Gasteiger partial charge in [-0.3, -0.25) is 14.5 Å². The standard InChI is InChI=1S/C19H33N3O4S/c1-19(2,3)18(24)22-10-6-7-14(11-22)17(23)20-15-12-27(25,26)13-16(15)21-8-4-5-9-21/h14-16H,4-13H2,1-3H3,(H,20,23). The highest BCUT2D eigenvalue weighted by molar-refractivity contribution is 7.91. The van der Waals surface area contributed by atoms with Crippen molar-refractivity contribution < 1.29 is 18.0 Å². The van der Waals surface area contributed by atoms with Crippen molar-refractivity contribution in [3.63, 3.8) is 0 Å². The Morgan fingerprint density at radius 1 is 1.00 bits per heavy atom. The summed E-state index contributed by atoms with van der Waals surface area (Å²) in [6.45, 7) is 8.60. The van der Waals surface area contributed by atoms with E-state index in [2.05, 4.69) is 10.2 Å². The molecule has 3 atom stereocenters. The number of rotatable bonds is 3. The molecule has 0 bridgehead atoms. The minimum Gasteiger partial charge on any atom is -0.350 e. The van der Waals surface area contributed by atoms with Crippen LogP contribution in [0.5, 0.6) is 0 Å². The lowest BCUT2D eigenvalue weighted by molar-refractivity contribution is -0.143. The monoisotopic (exact) mass is 399 g/mol. The highest BCUT2D eigenvalue weighted by atomic mass is 32.2. The van der Waals surface area contributed by atoms with Gasteiger partial charge in [0.2, 0.25) is 11.8 Å². The van der Waals surface area contributed by atoms with E-state index in [1.165, 1.54) is 0 Å². The first-order valence-electron chi connectivity index (χ1n) is 10.1. The van der Waals surface area contributed by atoms with Crippen molar-refractivity contribution >= 4 is 21.7 Å². The van der Waals surface area contributed by atoms with E-state index >= 15 is 0 Å². The van der Waals surface area contributed by atoms with Crippen molar-refractivity contribution in [1.82, 2.24) is 15.1 Å². The van der Waals surface area contributed by atoms with E-state index in [1.807, 2.05) is 20.8 Å². The van der Waals surface area contributed by atoms with Gasteiger partial charge in [0, 0.05) is 24.5 Å². The first-order chi connectivity index (χ1) is 12.6. The van der Waals surface area contributed by atoms with Crippen LogP contribution in [-0.4, -0.2) is 79.8 Å². The smallest absolute Gasteiger partial charge is 0.227 e. The SMILES string of the molecule is CC(C)(C)C(=O)N1CCCC(C(=O)NC2CS(=O)(=O)CC2N2CCCC2)C1. The van der Waals surface area contributed by atoms with Gasteiger partial charge in [0.05, 0.1) is 23.5 Å². The van der Waals surface area contributed by atoms with Gasteiger partial charge in [-0.2, -0.15) is 0 Å². The summed E-state index contributed by atoms with van der Waals surface area (Å²) in [5.41, 5.74) is -0.460. The topological polar surface area (TPSA) is 86.8 Å². The van der Waals surface area contributed by atoms with Gasteiger partial charge in [-0.05, 0) is 38.8 Å². The molecule has 3 fully saturated rings. The zero-order chi connectivity index (χ0) is 19.8. The van der Waals surface area contributed by atoms with E-state index in [1.54, 1.807) is 4.90 Å². The maximum absolute atomic E-state index is 12.9. The van der Waals surface area contributed by atoms with Crippen molar-refractivity contribution in [2.45, 2.75) is 58.5 Å². The molecule has 0 aromatic rings. The van der Waals surface area contributed by atoms with Gasteiger partial charge in [-0.15, -0.1) is 0 Å². The average molecular weight is 400 g/mol. The quantitative estimate of drug-likeness (QED) is 0.753. The third-order valence-electron chi connectivity index (χ3n) is 5.98. The van der Waals surface area contributed by atoms with Crippen LogP contribution in [0.25, 0.3) is 0 Å². The van der Waals surface area contributed by atoms with E-state index in [0.717, 1.165) is 38.8 Å². The molecule has 27 heavy (non-hydrogen) atoms. The number of hydrogen-bond acceptors (Lipinski definition) is 5. The number of amides is 2. The molecular formula is C19H33N3O4S. The van der Waals surface area contributed by atoms with Crippen LogP contribution in [0.4, 0.5) is 0 Å². The molecule has 2 amide bonds. The van der Waals surface area contributed by atoms with Gasteiger partial charge in [0.1, 0.15) is 0 Å². The number of piperidine rings is 1. The third-order valence-corrected chi connectivity index (χ3v) is 7.70. The fourth-order valence-corrected chi connectivity index (χ4v) is 6.50. The van der Waals surface area contributed by atoms with Crippen molar-refractivity contribution in [3.8, 4) is 0 Å². The van der Waals surface area contributed by atoms with E-state index < -0.39 is 15.3 Å². The third kappa shape index (κ3) is 4.83. The molecule has 3 rings (SSSR count). The minimum absolute atomic E-state index is 0.0251. The first-order valence-corrected chi connectivity index (χ1v) is 11.9. The number of nitrogens with one attached hydrogen (secondary N) is 1. The summed E-state index contributed by atoms with van der Waals surface area (Å²) in [6, 6.07) is -0.452. The molecule has 0 aromatic carbocycles. The zero-order valence-corrected chi connectivity index (χ0v) is 17.6. The van der Waals surface area contributed by atoms with E-state index in [4.69, 9.17) is 0 Å². The number of carbonyl (C=O) groups is 2. The zero-order valence-electron chi connectivity index (χ0n) is 16.7. The maximum Gasteiger partial charge on any atom is 0.227 e. The van der Waals surface area contributed by atoms with Crippen molar-refractivity contribution in [2.75, 3.05) is 37.7 Å². The van der Waals surface area contributed by atoms with Crippen LogP contribution in [0.15, 0.2) is 0 Å². The van der Waals surface area contributed by atoms with Crippen LogP contribution >= 0.6 is 0 Å². The second-order valence-corrected chi connectivity index (χ2v) is 11.5. The summed E-state index contributed by atoms with van der Waals surface area (Å²) in [7, 11) is -3.12. The summed E-state index contributed by atoms with van der Waals surface area (Å²) < 4.78 is 24.4. The van der Waals surface area contributed by atoms with Crippen LogP contribution in [-0.2, 0) is 19.4 Å². The van der Waals surface area contributed by atoms with Crippen LogP contribution in [0.3, 0.4) is 0 Å². The van der Waals surface area contributed by atoms with E-state index in [0.29, 0.717) is 13.1 Å². The van der Waals surface area contributed by atoms with E-state index in [-0.39, 0.29) is 41.3 Å². The first kappa shape index (κ1) is 20.6. The van der Waals surface area contributed by atoms with Crippen molar-refractivity contribution in [2.24, 2.45) is 11.3 Å². The molecule has 3 aliphatic heterocycles. The Morgan fingerprint density at radius 2 is 1.67 bits per heavy atom. The number of carbonyl (C=O) groups excluding carboxylic acids is 2. The average Bonchev–Trinajstić information content (AvgIpc) is 3.21. The molecule has 0 aromatic heterocycles. The van der Waals surface area contributed by atoms with Crippen molar-refractivity contribution in [1.29, 1.82) is 0 Å². The van der Waals surface area contributed by atoms with Crippen LogP contribution in [0, 0.1) is 11.3 Å². The molecule has 0 spiro atoms. The fraction of sp³-hybridized carbons (Fsp3) is 0.895. The Bertz CT molecular complexity index is 680. The number of nitrogens with zero attached hydrogens (tertiary/aromatic N) is 2. The summed E-state index contributed by atoms with van der Waals surface area (Å²) >= 11 is 0. The van der Waals surface area contributed by atoms with Crippen LogP contribution in [0.1, 0.15) is 46.5 Å². The Kier molecular flexibility index (Phi) is 5.87. The van der Waals surface area contributed by atoms with Gasteiger partial charge in [-0.25, -0.2) is 8.42 Å². The second kappa shape index (κ2) is 7.70. The van der Waals surface area contributed by atoms with Gasteiger partial charge in [-0.1, -0.05) is 20.8 Å². The lowest BCUT2D eigenvalue weighted by Crippen LogP contribution is -2.54. The van der Waals surface area contributed by atoms with E-state index in [9.17, 15) is 18.0 Å². The molecule has 3 aliphatic rings. The molecule has 3 heterocycles. The summed E-state index contributed by atoms with van der Waals surface area (Å²) in [5.74, 6) is -0.132. The molecular weight excluding hydrogens is 366 g/mol. The summed E-state index contributed by atoms with van der Waals surface area (Å²) in [4.78, 5) is 29.4. The van der Waals surface area contributed by atoms with Gasteiger partial charge in [0.15, 0.2) is 9.84 Å². The Morgan fingerprint density at radius 3 is 2.30 bits per heavy atom. The Hall–Kier alpha value is -1.15.